The van der Waals surface area contributed by atoms with Crippen LogP contribution >= 0.6 is 0 Å². The third-order valence-electron chi connectivity index (χ3n) is 2.92. The first-order valence-corrected chi connectivity index (χ1v) is 6.13. The lowest BCUT2D eigenvalue weighted by Crippen LogP contribution is -2.26. The first kappa shape index (κ1) is 14.2. The maximum Gasteiger partial charge on any atom is 0.274 e. The molecule has 0 heterocycles. The molecule has 0 aromatic heterocycles. The first-order valence-electron chi connectivity index (χ1n) is 6.13. The number of nitriles is 1. The molecule has 0 aliphatic rings. The van der Waals surface area contributed by atoms with Crippen molar-refractivity contribution in [2.75, 3.05) is 11.9 Å². The Morgan fingerprint density at radius 1 is 1.19 bits per heavy atom. The summed E-state index contributed by atoms with van der Waals surface area (Å²) < 4.78 is 0. The summed E-state index contributed by atoms with van der Waals surface area (Å²) >= 11 is 0. The minimum absolute atomic E-state index is 0.190. The Labute approximate surface area is 121 Å². The number of carbonyl (C=O) groups excluding carboxylic acids is 1. The van der Waals surface area contributed by atoms with E-state index in [-0.39, 0.29) is 16.5 Å². The van der Waals surface area contributed by atoms with Gasteiger partial charge in [0.1, 0.15) is 0 Å². The molecule has 0 fully saturated rings. The molecule has 0 unspecified atom stereocenters. The van der Waals surface area contributed by atoms with Gasteiger partial charge >= 0.3 is 0 Å². The average molecular weight is 280 g/mol. The number of para-hydroxylation sites is 1. The molecule has 2 aromatic rings. The zero-order valence-electron chi connectivity index (χ0n) is 11.3. The molecule has 0 spiro atoms. The van der Waals surface area contributed by atoms with Gasteiger partial charge in [0.2, 0.25) is 5.69 Å². The first-order chi connectivity index (χ1) is 10.1. The Bertz CT molecular complexity index is 703. The average Bonchev–Trinajstić information content (AvgIpc) is 2.54. The van der Waals surface area contributed by atoms with Gasteiger partial charge in [-0.05, 0) is 29.1 Å². The fourth-order valence-electron chi connectivity index (χ4n) is 1.79. The monoisotopic (exact) mass is 280 g/mol. The van der Waals surface area contributed by atoms with Gasteiger partial charge in [-0.3, -0.25) is 4.79 Å². The second-order valence-electron chi connectivity index (χ2n) is 4.22. The molecule has 1 amide bonds. The van der Waals surface area contributed by atoms with Crippen LogP contribution in [0.15, 0.2) is 59.7 Å². The number of azo groups is 1. The summed E-state index contributed by atoms with van der Waals surface area (Å²) in [7, 11) is 1.68. The Balaban J connectivity index is 2.21. The van der Waals surface area contributed by atoms with Crippen molar-refractivity contribution in [2.45, 2.75) is 0 Å². The van der Waals surface area contributed by atoms with E-state index in [1.54, 1.807) is 7.05 Å². The number of rotatable bonds is 3. The van der Waals surface area contributed by atoms with E-state index in [2.05, 4.69) is 5.11 Å². The summed E-state index contributed by atoms with van der Waals surface area (Å²) in [5, 5.41) is 22.7. The molecule has 0 aliphatic heterocycles. The van der Waals surface area contributed by atoms with Gasteiger partial charge in [-0.25, -0.2) is 0 Å². The molecular weight excluding hydrogens is 268 g/mol. The number of hydrogen-bond donors (Lipinski definition) is 0. The van der Waals surface area contributed by atoms with E-state index in [1.165, 1.54) is 35.4 Å². The van der Waals surface area contributed by atoms with Gasteiger partial charge in [-0.15, -0.1) is 0 Å². The molecule has 6 heteroatoms. The van der Waals surface area contributed by atoms with Crippen LogP contribution in [-0.2, 0) is 0 Å². The predicted octanol–water partition coefficient (Wildman–Crippen LogP) is 3.04. The van der Waals surface area contributed by atoms with Gasteiger partial charge in [0.25, 0.3) is 12.1 Å². The van der Waals surface area contributed by atoms with E-state index in [0.717, 1.165) is 5.69 Å². The highest BCUT2D eigenvalue weighted by molar-refractivity contribution is 6.05. The van der Waals surface area contributed by atoms with Crippen molar-refractivity contribution in [3.63, 3.8) is 0 Å². The smallest absolute Gasteiger partial charge is 0.274 e. The molecule has 0 saturated heterocycles. The van der Waals surface area contributed by atoms with E-state index in [4.69, 9.17) is 5.26 Å². The molecule has 0 radical (unpaired) electrons. The minimum Gasteiger partial charge on any atom is -0.593 e. The van der Waals surface area contributed by atoms with Gasteiger partial charge in [0.15, 0.2) is 0 Å². The fraction of sp³-hybridized carbons (Fsp3) is 0.0667. The van der Waals surface area contributed by atoms with E-state index in [1.807, 2.05) is 30.3 Å². The molecule has 2 aromatic carbocycles. The zero-order chi connectivity index (χ0) is 15.2. The lowest BCUT2D eigenvalue weighted by atomic mass is 10.1. The van der Waals surface area contributed by atoms with Gasteiger partial charge in [-0.1, -0.05) is 18.2 Å². The second kappa shape index (κ2) is 6.30. The summed E-state index contributed by atoms with van der Waals surface area (Å²) in [4.78, 5) is 14.0. The highest BCUT2D eigenvalue weighted by Crippen LogP contribution is 2.17. The van der Waals surface area contributed by atoms with Crippen molar-refractivity contribution in [2.24, 2.45) is 5.11 Å². The van der Waals surface area contributed by atoms with Gasteiger partial charge in [-0.2, -0.15) is 5.26 Å². The van der Waals surface area contributed by atoms with Crippen molar-refractivity contribution in [3.8, 4) is 6.19 Å². The van der Waals surface area contributed by atoms with Crippen LogP contribution in [0.25, 0.3) is 0 Å². The number of anilines is 1. The predicted molar refractivity (Wildman–Crippen MR) is 76.9 cm³/mol. The number of benzene rings is 2. The summed E-state index contributed by atoms with van der Waals surface area (Å²) in [5.41, 5.74) is 1.41. The van der Waals surface area contributed by atoms with E-state index in [9.17, 15) is 10.0 Å². The highest BCUT2D eigenvalue weighted by atomic mass is 16.5. The lowest BCUT2D eigenvalue weighted by Gasteiger charge is -2.17. The molecule has 6 nitrogen and oxygen atoms in total. The Morgan fingerprint density at radius 2 is 1.81 bits per heavy atom. The Kier molecular flexibility index (Phi) is 4.26. The summed E-state index contributed by atoms with van der Waals surface area (Å²) in [6.07, 6.45) is 1.41. The number of amides is 1. The second-order valence-corrected chi connectivity index (χ2v) is 4.22. The minimum atomic E-state index is -0.192. The Hall–Kier alpha value is -3.20. The largest absolute Gasteiger partial charge is 0.593 e. The van der Waals surface area contributed by atoms with Crippen LogP contribution in [-0.4, -0.2) is 17.8 Å². The van der Waals surface area contributed by atoms with Crippen LogP contribution in [0, 0.1) is 16.7 Å². The van der Waals surface area contributed by atoms with E-state index < -0.39 is 0 Å². The summed E-state index contributed by atoms with van der Waals surface area (Å²) in [6.45, 7) is 0. The number of nitrogens with zero attached hydrogens (tertiary/aromatic N) is 4. The standard InChI is InChI=1S/C15H12N4O2/c1-18(13-5-3-2-4-6-13)15(20)12-7-9-14(10-8-12)19(21)17-11-16/h2-10H,1H3. The molecule has 0 bridgehead atoms. The third-order valence-corrected chi connectivity index (χ3v) is 2.92. The van der Waals surface area contributed by atoms with E-state index >= 15 is 0 Å². The molecule has 0 atom stereocenters. The topological polar surface area (TPSA) is 82.5 Å². The quantitative estimate of drug-likeness (QED) is 0.375. The van der Waals surface area contributed by atoms with E-state index in [0.29, 0.717) is 5.56 Å². The van der Waals surface area contributed by atoms with Gasteiger partial charge < -0.3 is 10.1 Å². The fourth-order valence-corrected chi connectivity index (χ4v) is 1.79. The molecule has 0 N–H and O–H groups in total. The van der Waals surface area contributed by atoms with Crippen LogP contribution in [0.5, 0.6) is 0 Å². The number of carbonyl (C=O) groups is 1. The molecular formula is C15H12N4O2. The van der Waals surface area contributed by atoms with Crippen LogP contribution in [0.2, 0.25) is 0 Å². The summed E-state index contributed by atoms with van der Waals surface area (Å²) in [6, 6.07) is 15.2. The lowest BCUT2D eigenvalue weighted by molar-refractivity contribution is -0.435. The van der Waals surface area contributed by atoms with Crippen LogP contribution in [0.3, 0.4) is 0 Å². The Morgan fingerprint density at radius 3 is 2.38 bits per heavy atom. The normalized spacial score (nSPS) is 10.8. The maximum absolute atomic E-state index is 12.3. The molecule has 104 valence electrons. The van der Waals surface area contributed by atoms with Crippen LogP contribution in [0.4, 0.5) is 11.4 Å². The van der Waals surface area contributed by atoms with Crippen LogP contribution in [0.1, 0.15) is 10.4 Å². The van der Waals surface area contributed by atoms with Crippen LogP contribution < -0.4 is 4.90 Å². The van der Waals surface area contributed by atoms with Gasteiger partial charge in [0.05, 0.1) is 5.11 Å². The third kappa shape index (κ3) is 3.22. The molecule has 0 saturated carbocycles. The summed E-state index contributed by atoms with van der Waals surface area (Å²) in [5.74, 6) is -0.192. The highest BCUT2D eigenvalue weighted by Gasteiger charge is 2.14. The van der Waals surface area contributed by atoms with Crippen molar-refractivity contribution in [3.05, 3.63) is 65.4 Å². The molecule has 0 aliphatic carbocycles. The van der Waals surface area contributed by atoms with Crippen molar-refractivity contribution in [1.29, 1.82) is 5.26 Å². The van der Waals surface area contributed by atoms with Crippen molar-refractivity contribution >= 4 is 17.3 Å². The molecule has 2 rings (SSSR count). The van der Waals surface area contributed by atoms with Gasteiger partial charge in [0, 0.05) is 30.4 Å². The SMILES string of the molecule is CN(C(=O)c1ccc([N+]([O-])=NC#N)cc1)c1ccccc1. The van der Waals surface area contributed by atoms with Crippen molar-refractivity contribution < 1.29 is 9.66 Å². The maximum atomic E-state index is 12.3. The zero-order valence-corrected chi connectivity index (χ0v) is 11.3. The molecule has 21 heavy (non-hydrogen) atoms. The number of hydrogen-bond acceptors (Lipinski definition) is 4. The van der Waals surface area contributed by atoms with Crippen molar-refractivity contribution in [1.82, 2.24) is 0 Å².